The highest BCUT2D eigenvalue weighted by Crippen LogP contribution is 2.16. The van der Waals surface area contributed by atoms with Gasteiger partial charge in [-0.1, -0.05) is 31.5 Å². The number of unbranched alkanes of at least 4 members (excludes halogenated alkanes) is 1. The molecule has 0 radical (unpaired) electrons. The van der Waals surface area contributed by atoms with Crippen LogP contribution < -0.4 is 5.32 Å². The molecule has 3 heteroatoms. The van der Waals surface area contributed by atoms with E-state index in [0.29, 0.717) is 6.42 Å². The number of nitrogens with one attached hydrogen (secondary N) is 1. The first-order valence-electron chi connectivity index (χ1n) is 6.17. The summed E-state index contributed by atoms with van der Waals surface area (Å²) in [5, 5.41) is 3.39. The smallest absolute Gasteiger partial charge is 0.226 e. The summed E-state index contributed by atoms with van der Waals surface area (Å²) in [6.45, 7) is 3.13. The molecule has 0 unspecified atom stereocenters. The van der Waals surface area contributed by atoms with E-state index in [1.807, 2.05) is 24.3 Å². The van der Waals surface area contributed by atoms with Crippen LogP contribution >= 0.6 is 0 Å². The third kappa shape index (κ3) is 4.47. The van der Waals surface area contributed by atoms with Crippen molar-refractivity contribution in [3.8, 4) is 0 Å². The van der Waals surface area contributed by atoms with E-state index in [1.165, 1.54) is 6.42 Å². The van der Waals surface area contributed by atoms with Crippen molar-refractivity contribution in [2.45, 2.75) is 26.2 Å². The van der Waals surface area contributed by atoms with Gasteiger partial charge in [-0.2, -0.15) is 0 Å². The molecule has 0 aliphatic heterocycles. The highest BCUT2D eigenvalue weighted by atomic mass is 16.2. The quantitative estimate of drug-likeness (QED) is 0.767. The Morgan fingerprint density at radius 1 is 1.29 bits per heavy atom. The van der Waals surface area contributed by atoms with Gasteiger partial charge < -0.3 is 10.2 Å². The first kappa shape index (κ1) is 13.6. The number of hydrogen-bond donors (Lipinski definition) is 1. The fraction of sp³-hybridized carbons (Fsp3) is 0.500. The molecule has 0 saturated carbocycles. The van der Waals surface area contributed by atoms with Crippen LogP contribution in [0, 0.1) is 0 Å². The number of rotatable bonds is 6. The molecule has 0 atom stereocenters. The average Bonchev–Trinajstić information content (AvgIpc) is 2.31. The number of amides is 1. The lowest BCUT2D eigenvalue weighted by molar-refractivity contribution is -0.127. The minimum absolute atomic E-state index is 0.134. The van der Waals surface area contributed by atoms with Gasteiger partial charge in [-0.3, -0.25) is 4.79 Å². The lowest BCUT2D eigenvalue weighted by Gasteiger charge is -2.14. The second kappa shape index (κ2) is 6.94. The van der Waals surface area contributed by atoms with Gasteiger partial charge in [0.1, 0.15) is 0 Å². The predicted octanol–water partition coefficient (Wildman–Crippen LogP) is 2.53. The van der Waals surface area contributed by atoms with Gasteiger partial charge in [0.25, 0.3) is 0 Å². The summed E-state index contributed by atoms with van der Waals surface area (Å²) in [7, 11) is 3.57. The molecular formula is C14H22N2O. The fourth-order valence-corrected chi connectivity index (χ4v) is 1.57. The van der Waals surface area contributed by atoms with Gasteiger partial charge in [-0.05, 0) is 18.1 Å². The molecule has 0 spiro atoms. The van der Waals surface area contributed by atoms with Crippen LogP contribution in [0.5, 0.6) is 0 Å². The van der Waals surface area contributed by atoms with Crippen molar-refractivity contribution in [2.24, 2.45) is 0 Å². The summed E-state index contributed by atoms with van der Waals surface area (Å²) < 4.78 is 0. The Morgan fingerprint density at radius 2 is 2.00 bits per heavy atom. The van der Waals surface area contributed by atoms with Gasteiger partial charge in [0.05, 0.1) is 6.42 Å². The average molecular weight is 234 g/mol. The van der Waals surface area contributed by atoms with E-state index in [1.54, 1.807) is 19.0 Å². The zero-order chi connectivity index (χ0) is 12.7. The maximum absolute atomic E-state index is 11.7. The van der Waals surface area contributed by atoms with Crippen molar-refractivity contribution in [3.63, 3.8) is 0 Å². The van der Waals surface area contributed by atoms with E-state index in [2.05, 4.69) is 12.2 Å². The van der Waals surface area contributed by atoms with Gasteiger partial charge in [-0.25, -0.2) is 0 Å². The number of anilines is 1. The summed E-state index contributed by atoms with van der Waals surface area (Å²) in [5.74, 6) is 0.134. The second-order valence-electron chi connectivity index (χ2n) is 4.40. The van der Waals surface area contributed by atoms with Gasteiger partial charge >= 0.3 is 0 Å². The Balaban J connectivity index is 2.67. The number of benzene rings is 1. The summed E-state index contributed by atoms with van der Waals surface area (Å²) >= 11 is 0. The minimum Gasteiger partial charge on any atom is -0.385 e. The lowest BCUT2D eigenvalue weighted by atomic mass is 10.1. The third-order valence-electron chi connectivity index (χ3n) is 2.70. The van der Waals surface area contributed by atoms with E-state index >= 15 is 0 Å². The Hall–Kier alpha value is -1.51. The largest absolute Gasteiger partial charge is 0.385 e. The van der Waals surface area contributed by atoms with Crippen LogP contribution in [0.25, 0.3) is 0 Å². The summed E-state index contributed by atoms with van der Waals surface area (Å²) in [6.07, 6.45) is 2.78. The van der Waals surface area contributed by atoms with Crippen LogP contribution in [0.2, 0.25) is 0 Å². The zero-order valence-electron chi connectivity index (χ0n) is 11.0. The number of carbonyl (C=O) groups excluding carboxylic acids is 1. The standard InChI is InChI=1S/C14H22N2O/c1-4-5-10-15-13-9-7-6-8-12(13)11-14(17)16(2)3/h6-9,15H,4-5,10-11H2,1-3H3. The van der Waals surface area contributed by atoms with Crippen LogP contribution in [-0.4, -0.2) is 31.4 Å². The second-order valence-corrected chi connectivity index (χ2v) is 4.40. The molecule has 1 N–H and O–H groups in total. The third-order valence-corrected chi connectivity index (χ3v) is 2.70. The Bertz CT molecular complexity index is 361. The predicted molar refractivity (Wildman–Crippen MR) is 72.2 cm³/mol. The first-order valence-corrected chi connectivity index (χ1v) is 6.17. The van der Waals surface area contributed by atoms with Crippen LogP contribution in [0.15, 0.2) is 24.3 Å². The van der Waals surface area contributed by atoms with E-state index in [4.69, 9.17) is 0 Å². The molecular weight excluding hydrogens is 212 g/mol. The molecule has 1 aromatic rings. The highest BCUT2D eigenvalue weighted by Gasteiger charge is 2.08. The monoisotopic (exact) mass is 234 g/mol. The fourth-order valence-electron chi connectivity index (χ4n) is 1.57. The van der Waals surface area contributed by atoms with Crippen molar-refractivity contribution < 1.29 is 4.79 Å². The molecule has 0 aromatic heterocycles. The topological polar surface area (TPSA) is 32.3 Å². The van der Waals surface area contributed by atoms with Crippen molar-refractivity contribution in [2.75, 3.05) is 26.0 Å². The SMILES string of the molecule is CCCCNc1ccccc1CC(=O)N(C)C. The highest BCUT2D eigenvalue weighted by molar-refractivity contribution is 5.80. The van der Waals surface area contributed by atoms with Crippen LogP contribution in [-0.2, 0) is 11.2 Å². The number of carbonyl (C=O) groups is 1. The molecule has 94 valence electrons. The summed E-state index contributed by atoms with van der Waals surface area (Å²) in [6, 6.07) is 8.02. The lowest BCUT2D eigenvalue weighted by Crippen LogP contribution is -2.24. The maximum Gasteiger partial charge on any atom is 0.226 e. The molecule has 3 nitrogen and oxygen atoms in total. The Morgan fingerprint density at radius 3 is 2.65 bits per heavy atom. The molecule has 0 fully saturated rings. The molecule has 1 aromatic carbocycles. The summed E-state index contributed by atoms with van der Waals surface area (Å²) in [4.78, 5) is 13.3. The summed E-state index contributed by atoms with van der Waals surface area (Å²) in [5.41, 5.74) is 2.15. The molecule has 0 aliphatic rings. The molecule has 1 rings (SSSR count). The number of nitrogens with zero attached hydrogens (tertiary/aromatic N) is 1. The van der Waals surface area contributed by atoms with Crippen molar-refractivity contribution in [3.05, 3.63) is 29.8 Å². The van der Waals surface area contributed by atoms with Crippen molar-refractivity contribution >= 4 is 11.6 Å². The van der Waals surface area contributed by atoms with Gasteiger partial charge in [0.2, 0.25) is 5.91 Å². The van der Waals surface area contributed by atoms with Gasteiger partial charge in [-0.15, -0.1) is 0 Å². The van der Waals surface area contributed by atoms with Crippen molar-refractivity contribution in [1.29, 1.82) is 0 Å². The van der Waals surface area contributed by atoms with Crippen LogP contribution in [0.4, 0.5) is 5.69 Å². The number of likely N-dealkylation sites (N-methyl/N-ethyl adjacent to an activating group) is 1. The molecule has 0 aliphatic carbocycles. The van der Waals surface area contributed by atoms with Gasteiger partial charge in [0, 0.05) is 26.3 Å². The normalized spacial score (nSPS) is 10.1. The van der Waals surface area contributed by atoms with Crippen molar-refractivity contribution in [1.82, 2.24) is 4.90 Å². The number of para-hydroxylation sites is 1. The molecule has 1 amide bonds. The van der Waals surface area contributed by atoms with Gasteiger partial charge in [0.15, 0.2) is 0 Å². The number of hydrogen-bond acceptors (Lipinski definition) is 2. The molecule has 17 heavy (non-hydrogen) atoms. The van der Waals surface area contributed by atoms with Crippen LogP contribution in [0.1, 0.15) is 25.3 Å². The molecule has 0 bridgehead atoms. The van der Waals surface area contributed by atoms with E-state index < -0.39 is 0 Å². The zero-order valence-corrected chi connectivity index (χ0v) is 11.0. The maximum atomic E-state index is 11.7. The van der Waals surface area contributed by atoms with E-state index in [0.717, 1.165) is 24.2 Å². The van der Waals surface area contributed by atoms with Crippen LogP contribution in [0.3, 0.4) is 0 Å². The van der Waals surface area contributed by atoms with E-state index in [-0.39, 0.29) is 5.91 Å². The first-order chi connectivity index (χ1) is 8.15. The van der Waals surface area contributed by atoms with E-state index in [9.17, 15) is 4.79 Å². The Kier molecular flexibility index (Phi) is 5.53. The molecule has 0 saturated heterocycles. The Labute approximate surface area is 104 Å². The minimum atomic E-state index is 0.134. The molecule has 0 heterocycles.